The molecule has 1 aliphatic rings. The Hall–Kier alpha value is -1.25. The van der Waals surface area contributed by atoms with Gasteiger partial charge in [0.1, 0.15) is 11.9 Å². The van der Waals surface area contributed by atoms with Gasteiger partial charge in [-0.05, 0) is 44.3 Å². The van der Waals surface area contributed by atoms with E-state index in [9.17, 15) is 0 Å². The van der Waals surface area contributed by atoms with Crippen molar-refractivity contribution in [3.63, 3.8) is 0 Å². The summed E-state index contributed by atoms with van der Waals surface area (Å²) in [6.07, 6.45) is 2.76. The molecule has 3 heteroatoms. The summed E-state index contributed by atoms with van der Waals surface area (Å²) in [5.74, 6) is 0.816. The van der Waals surface area contributed by atoms with Gasteiger partial charge in [0, 0.05) is 11.9 Å². The Morgan fingerprint density at radius 3 is 2.70 bits per heavy atom. The average Bonchev–Trinajstić information content (AvgIpc) is 2.95. The van der Waals surface area contributed by atoms with Crippen LogP contribution in [-0.2, 0) is 0 Å². The van der Waals surface area contributed by atoms with Crippen LogP contribution in [0.1, 0.15) is 19.8 Å². The number of hydrogen-bond acceptors (Lipinski definition) is 2. The highest BCUT2D eigenvalue weighted by molar-refractivity contribution is 6.33. The second-order valence-corrected chi connectivity index (χ2v) is 5.94. The van der Waals surface area contributed by atoms with Crippen molar-refractivity contribution >= 4 is 22.4 Å². The van der Waals surface area contributed by atoms with Gasteiger partial charge in [0.15, 0.2) is 0 Å². The van der Waals surface area contributed by atoms with Crippen LogP contribution < -0.4 is 4.74 Å². The van der Waals surface area contributed by atoms with Crippen molar-refractivity contribution in [2.75, 3.05) is 19.6 Å². The minimum Gasteiger partial charge on any atom is -0.487 e. The highest BCUT2D eigenvalue weighted by Crippen LogP contribution is 2.34. The van der Waals surface area contributed by atoms with E-state index in [-0.39, 0.29) is 6.10 Å². The zero-order valence-corrected chi connectivity index (χ0v) is 12.6. The van der Waals surface area contributed by atoms with Gasteiger partial charge in [-0.15, -0.1) is 0 Å². The van der Waals surface area contributed by atoms with E-state index in [1.165, 1.54) is 31.3 Å². The van der Waals surface area contributed by atoms with Crippen LogP contribution in [0.25, 0.3) is 10.8 Å². The van der Waals surface area contributed by atoms with Crippen molar-refractivity contribution in [2.45, 2.75) is 25.9 Å². The normalized spacial score (nSPS) is 17.5. The van der Waals surface area contributed by atoms with Crippen LogP contribution in [0.15, 0.2) is 36.4 Å². The lowest BCUT2D eigenvalue weighted by atomic mass is 10.1. The van der Waals surface area contributed by atoms with E-state index >= 15 is 0 Å². The Labute approximate surface area is 125 Å². The van der Waals surface area contributed by atoms with Gasteiger partial charge >= 0.3 is 0 Å². The smallest absolute Gasteiger partial charge is 0.146 e. The summed E-state index contributed by atoms with van der Waals surface area (Å²) in [7, 11) is 0. The zero-order valence-electron chi connectivity index (χ0n) is 11.8. The third-order valence-electron chi connectivity index (χ3n) is 3.86. The summed E-state index contributed by atoms with van der Waals surface area (Å²) in [5, 5.41) is 2.95. The lowest BCUT2D eigenvalue weighted by Gasteiger charge is -2.22. The fourth-order valence-corrected chi connectivity index (χ4v) is 3.11. The molecule has 2 nitrogen and oxygen atoms in total. The SMILES string of the molecule is CC(CN1CCCC1)Oc1c(Cl)ccc2ccccc12. The summed E-state index contributed by atoms with van der Waals surface area (Å²) in [6.45, 7) is 5.48. The standard InChI is InChI=1S/C17H20ClNO/c1-13(12-19-10-4-5-11-19)20-17-15-7-3-2-6-14(15)8-9-16(17)18/h2-3,6-9,13H,4-5,10-12H2,1H3. The monoisotopic (exact) mass is 289 g/mol. The average molecular weight is 290 g/mol. The molecule has 2 aromatic carbocycles. The Bertz CT molecular complexity index is 593. The molecule has 0 amide bonds. The highest BCUT2D eigenvalue weighted by atomic mass is 35.5. The zero-order chi connectivity index (χ0) is 13.9. The summed E-state index contributed by atoms with van der Waals surface area (Å²) in [6, 6.07) is 12.2. The Kier molecular flexibility index (Phi) is 4.13. The lowest BCUT2D eigenvalue weighted by Crippen LogP contribution is -2.31. The largest absolute Gasteiger partial charge is 0.487 e. The first-order valence-electron chi connectivity index (χ1n) is 7.30. The summed E-state index contributed by atoms with van der Waals surface area (Å²) in [4.78, 5) is 2.46. The molecular weight excluding hydrogens is 270 g/mol. The predicted octanol–water partition coefficient (Wildman–Crippen LogP) is 4.36. The summed E-state index contributed by atoms with van der Waals surface area (Å²) in [5.41, 5.74) is 0. The second kappa shape index (κ2) is 6.02. The van der Waals surface area contributed by atoms with Crippen LogP contribution in [0.3, 0.4) is 0 Å². The van der Waals surface area contributed by atoms with Crippen molar-refractivity contribution in [2.24, 2.45) is 0 Å². The summed E-state index contributed by atoms with van der Waals surface area (Å²) >= 11 is 6.33. The minimum absolute atomic E-state index is 0.149. The molecule has 0 aliphatic carbocycles. The molecule has 1 atom stereocenters. The van der Waals surface area contributed by atoms with E-state index in [1.54, 1.807) is 0 Å². The third-order valence-corrected chi connectivity index (χ3v) is 4.16. The van der Waals surface area contributed by atoms with Crippen LogP contribution >= 0.6 is 11.6 Å². The number of halogens is 1. The molecule has 1 aliphatic heterocycles. The molecule has 0 N–H and O–H groups in total. The molecular formula is C17H20ClNO. The van der Waals surface area contributed by atoms with Crippen molar-refractivity contribution < 1.29 is 4.74 Å². The quantitative estimate of drug-likeness (QED) is 0.829. The first-order chi connectivity index (χ1) is 9.74. The molecule has 0 bridgehead atoms. The van der Waals surface area contributed by atoms with Gasteiger partial charge in [-0.25, -0.2) is 0 Å². The topological polar surface area (TPSA) is 12.5 Å². The molecule has 1 unspecified atom stereocenters. The number of hydrogen-bond donors (Lipinski definition) is 0. The van der Waals surface area contributed by atoms with E-state index in [0.717, 1.165) is 17.7 Å². The van der Waals surface area contributed by atoms with Crippen LogP contribution in [0.5, 0.6) is 5.75 Å². The van der Waals surface area contributed by atoms with E-state index in [4.69, 9.17) is 16.3 Å². The van der Waals surface area contributed by atoms with E-state index < -0.39 is 0 Å². The maximum Gasteiger partial charge on any atom is 0.146 e. The summed E-state index contributed by atoms with van der Waals surface area (Å²) < 4.78 is 6.15. The molecule has 0 radical (unpaired) electrons. The molecule has 1 fully saturated rings. The van der Waals surface area contributed by atoms with Gasteiger partial charge in [0.2, 0.25) is 0 Å². The maximum absolute atomic E-state index is 6.33. The first kappa shape index (κ1) is 13.7. The first-order valence-corrected chi connectivity index (χ1v) is 7.68. The fourth-order valence-electron chi connectivity index (χ4n) is 2.90. The van der Waals surface area contributed by atoms with E-state index in [2.05, 4.69) is 24.0 Å². The van der Waals surface area contributed by atoms with Gasteiger partial charge in [0.25, 0.3) is 0 Å². The molecule has 106 valence electrons. The molecule has 0 spiro atoms. The Morgan fingerprint density at radius 1 is 1.15 bits per heavy atom. The minimum atomic E-state index is 0.149. The predicted molar refractivity (Wildman–Crippen MR) is 84.7 cm³/mol. The number of fused-ring (bicyclic) bond motifs is 1. The van der Waals surface area contributed by atoms with Crippen molar-refractivity contribution in [3.05, 3.63) is 41.4 Å². The highest BCUT2D eigenvalue weighted by Gasteiger charge is 2.17. The van der Waals surface area contributed by atoms with Gasteiger partial charge < -0.3 is 4.74 Å². The molecule has 0 aromatic heterocycles. The van der Waals surface area contributed by atoms with Crippen LogP contribution in [-0.4, -0.2) is 30.6 Å². The Morgan fingerprint density at radius 2 is 1.90 bits per heavy atom. The molecule has 1 saturated heterocycles. The van der Waals surface area contributed by atoms with Gasteiger partial charge in [-0.2, -0.15) is 0 Å². The Balaban J connectivity index is 1.80. The number of likely N-dealkylation sites (tertiary alicyclic amines) is 1. The van der Waals surface area contributed by atoms with Crippen LogP contribution in [0.2, 0.25) is 5.02 Å². The molecule has 0 saturated carbocycles. The number of benzene rings is 2. The molecule has 20 heavy (non-hydrogen) atoms. The van der Waals surface area contributed by atoms with E-state index in [0.29, 0.717) is 5.02 Å². The molecule has 3 rings (SSSR count). The molecule has 2 aromatic rings. The number of ether oxygens (including phenoxy) is 1. The fraction of sp³-hybridized carbons (Fsp3) is 0.412. The number of rotatable bonds is 4. The van der Waals surface area contributed by atoms with Crippen molar-refractivity contribution in [3.8, 4) is 5.75 Å². The number of nitrogens with zero attached hydrogens (tertiary/aromatic N) is 1. The lowest BCUT2D eigenvalue weighted by molar-refractivity contribution is 0.164. The molecule has 1 heterocycles. The van der Waals surface area contributed by atoms with Crippen LogP contribution in [0, 0.1) is 0 Å². The van der Waals surface area contributed by atoms with Gasteiger partial charge in [0.05, 0.1) is 5.02 Å². The van der Waals surface area contributed by atoms with Crippen molar-refractivity contribution in [1.82, 2.24) is 4.90 Å². The second-order valence-electron chi connectivity index (χ2n) is 5.53. The van der Waals surface area contributed by atoms with Crippen LogP contribution in [0.4, 0.5) is 0 Å². The van der Waals surface area contributed by atoms with Gasteiger partial charge in [-0.1, -0.05) is 41.9 Å². The maximum atomic E-state index is 6.33. The third kappa shape index (κ3) is 2.92. The van der Waals surface area contributed by atoms with Gasteiger partial charge in [-0.3, -0.25) is 4.90 Å². The van der Waals surface area contributed by atoms with Crippen molar-refractivity contribution in [1.29, 1.82) is 0 Å². The van der Waals surface area contributed by atoms with E-state index in [1.807, 2.05) is 24.3 Å².